The normalized spacial score (nSPS) is 12.5. The van der Waals surface area contributed by atoms with Crippen LogP contribution in [0.1, 0.15) is 13.8 Å². The molecule has 0 fully saturated rings. The van der Waals surface area contributed by atoms with Crippen molar-refractivity contribution < 1.29 is 19.1 Å². The van der Waals surface area contributed by atoms with Gasteiger partial charge in [0.05, 0.1) is 5.41 Å². The van der Waals surface area contributed by atoms with E-state index in [0.717, 1.165) is 0 Å². The number of nitrogens with zero attached hydrogens (tertiary/aromatic N) is 1. The van der Waals surface area contributed by atoms with Crippen molar-refractivity contribution in [1.29, 1.82) is 0 Å². The first-order valence-electron chi connectivity index (χ1n) is 6.58. The van der Waals surface area contributed by atoms with E-state index in [1.807, 2.05) is 0 Å². The van der Waals surface area contributed by atoms with Crippen LogP contribution in [-0.4, -0.2) is 42.5 Å². The minimum Gasteiger partial charge on any atom is -0.471 e. The van der Waals surface area contributed by atoms with Crippen molar-refractivity contribution in [3.05, 3.63) is 29.3 Å². The Hall–Kier alpha value is -1.27. The van der Waals surface area contributed by atoms with E-state index >= 15 is 0 Å². The van der Waals surface area contributed by atoms with Crippen molar-refractivity contribution in [2.45, 2.75) is 18.9 Å². The topological polar surface area (TPSA) is 55.8 Å². The highest BCUT2D eigenvalue weighted by Gasteiger charge is 2.35. The molecular formula is C15H19BrClNO4. The van der Waals surface area contributed by atoms with E-state index in [-0.39, 0.29) is 12.4 Å². The highest BCUT2D eigenvalue weighted by Crippen LogP contribution is 2.25. The summed E-state index contributed by atoms with van der Waals surface area (Å²) in [7, 11) is 3.15. The second kappa shape index (κ2) is 7.83. The van der Waals surface area contributed by atoms with Gasteiger partial charge in [-0.15, -0.1) is 0 Å². The molecule has 0 aliphatic carbocycles. The van der Waals surface area contributed by atoms with Crippen molar-refractivity contribution in [2.75, 3.05) is 20.7 Å². The van der Waals surface area contributed by atoms with Gasteiger partial charge in [-0.25, -0.2) is 4.79 Å². The van der Waals surface area contributed by atoms with Crippen molar-refractivity contribution in [3.63, 3.8) is 0 Å². The van der Waals surface area contributed by atoms with Gasteiger partial charge in [-0.05, 0) is 54.0 Å². The molecule has 0 radical (unpaired) electrons. The lowest BCUT2D eigenvalue weighted by molar-refractivity contribution is -0.132. The minimum atomic E-state index is -0.883. The maximum atomic E-state index is 12.4. The standard InChI is InChI=1S/C15H19BrClNO4/c1-15(2,9-21-14(20)18(3)4)12(19)13(16)22-11-7-5-10(17)6-8-11/h5-8,13H,9H2,1-4H3. The number of carbonyl (C=O) groups excluding carboxylic acids is 2. The molecule has 1 aromatic rings. The first kappa shape index (κ1) is 18.8. The van der Waals surface area contributed by atoms with Crippen LogP contribution in [0, 0.1) is 5.41 Å². The van der Waals surface area contributed by atoms with Crippen molar-refractivity contribution in [2.24, 2.45) is 5.41 Å². The van der Waals surface area contributed by atoms with Gasteiger partial charge in [-0.1, -0.05) is 11.6 Å². The molecule has 122 valence electrons. The predicted octanol–water partition coefficient (Wildman–Crippen LogP) is 3.73. The number of carbonyl (C=O) groups is 2. The number of benzene rings is 1. The van der Waals surface area contributed by atoms with Crippen LogP contribution < -0.4 is 4.74 Å². The third-order valence-electron chi connectivity index (χ3n) is 2.85. The summed E-state index contributed by atoms with van der Waals surface area (Å²) >= 11 is 9.01. The summed E-state index contributed by atoms with van der Waals surface area (Å²) in [6.07, 6.45) is -0.495. The first-order chi connectivity index (χ1) is 10.1. The van der Waals surface area contributed by atoms with E-state index in [1.165, 1.54) is 4.90 Å². The number of halogens is 2. The van der Waals surface area contributed by atoms with Gasteiger partial charge in [-0.3, -0.25) is 4.79 Å². The lowest BCUT2D eigenvalue weighted by Gasteiger charge is -2.26. The van der Waals surface area contributed by atoms with Crippen molar-refractivity contribution >= 4 is 39.4 Å². The largest absolute Gasteiger partial charge is 0.471 e. The Kier molecular flexibility index (Phi) is 6.68. The third kappa shape index (κ3) is 5.50. The van der Waals surface area contributed by atoms with Gasteiger partial charge in [0.25, 0.3) is 0 Å². The Morgan fingerprint density at radius 2 is 1.82 bits per heavy atom. The fourth-order valence-corrected chi connectivity index (χ4v) is 2.40. The summed E-state index contributed by atoms with van der Waals surface area (Å²) in [5.74, 6) is 0.287. The van der Waals surface area contributed by atoms with E-state index in [9.17, 15) is 9.59 Å². The quantitative estimate of drug-likeness (QED) is 0.692. The molecule has 1 aromatic carbocycles. The number of hydrogen-bond donors (Lipinski definition) is 0. The second-order valence-electron chi connectivity index (χ2n) is 5.58. The summed E-state index contributed by atoms with van der Waals surface area (Å²) < 4.78 is 10.6. The van der Waals surface area contributed by atoms with Gasteiger partial charge < -0.3 is 14.4 Å². The average molecular weight is 393 g/mol. The van der Waals surface area contributed by atoms with Gasteiger partial charge in [0.2, 0.25) is 5.01 Å². The van der Waals surface area contributed by atoms with Crippen LogP contribution in [0.4, 0.5) is 4.79 Å². The fourth-order valence-electron chi connectivity index (χ4n) is 1.44. The Labute approximate surface area is 143 Å². The van der Waals surface area contributed by atoms with Gasteiger partial charge in [0, 0.05) is 19.1 Å². The SMILES string of the molecule is CN(C)C(=O)OCC(C)(C)C(=O)C(Br)Oc1ccc(Cl)cc1. The van der Waals surface area contributed by atoms with Crippen LogP contribution in [-0.2, 0) is 9.53 Å². The highest BCUT2D eigenvalue weighted by atomic mass is 79.9. The molecule has 0 aliphatic heterocycles. The Morgan fingerprint density at radius 3 is 2.32 bits per heavy atom. The maximum absolute atomic E-state index is 12.4. The molecule has 1 atom stereocenters. The second-order valence-corrected chi connectivity index (χ2v) is 6.85. The molecule has 0 saturated heterocycles. The van der Waals surface area contributed by atoms with Crippen LogP contribution in [0.15, 0.2) is 24.3 Å². The summed E-state index contributed by atoms with van der Waals surface area (Å²) in [6, 6.07) is 6.68. The van der Waals surface area contributed by atoms with E-state index in [0.29, 0.717) is 10.8 Å². The number of ketones is 1. The molecule has 0 N–H and O–H groups in total. The number of amides is 1. The zero-order valence-corrected chi connectivity index (χ0v) is 15.3. The minimum absolute atomic E-state index is 0.0328. The molecule has 7 heteroatoms. The van der Waals surface area contributed by atoms with Gasteiger partial charge in [0.1, 0.15) is 12.4 Å². The molecule has 0 saturated carbocycles. The molecule has 0 bridgehead atoms. The summed E-state index contributed by atoms with van der Waals surface area (Å²) in [5.41, 5.74) is -0.883. The Balaban J connectivity index is 2.63. The number of Topliss-reactive ketones (excluding diaryl/α,β-unsaturated/α-hetero) is 1. The van der Waals surface area contributed by atoms with Gasteiger partial charge in [-0.2, -0.15) is 0 Å². The Morgan fingerprint density at radius 1 is 1.27 bits per heavy atom. The average Bonchev–Trinajstić information content (AvgIpc) is 2.46. The van der Waals surface area contributed by atoms with E-state index in [4.69, 9.17) is 21.1 Å². The summed E-state index contributed by atoms with van der Waals surface area (Å²) in [4.78, 5) is 25.2. The third-order valence-corrected chi connectivity index (χ3v) is 3.70. The number of hydrogen-bond acceptors (Lipinski definition) is 4. The maximum Gasteiger partial charge on any atom is 0.409 e. The molecule has 0 aromatic heterocycles. The zero-order chi connectivity index (χ0) is 16.9. The van der Waals surface area contributed by atoms with E-state index < -0.39 is 16.5 Å². The van der Waals surface area contributed by atoms with Crippen LogP contribution in [0.5, 0.6) is 5.75 Å². The molecule has 1 amide bonds. The van der Waals surface area contributed by atoms with E-state index in [1.54, 1.807) is 52.2 Å². The zero-order valence-electron chi connectivity index (χ0n) is 12.9. The first-order valence-corrected chi connectivity index (χ1v) is 7.87. The molecule has 1 rings (SSSR count). The molecule has 0 spiro atoms. The van der Waals surface area contributed by atoms with Crippen LogP contribution in [0.3, 0.4) is 0 Å². The lowest BCUT2D eigenvalue weighted by Crippen LogP contribution is -2.39. The predicted molar refractivity (Wildman–Crippen MR) is 88.6 cm³/mol. The smallest absolute Gasteiger partial charge is 0.409 e. The highest BCUT2D eigenvalue weighted by molar-refractivity contribution is 9.09. The van der Waals surface area contributed by atoms with Crippen LogP contribution >= 0.6 is 27.5 Å². The number of alkyl halides is 1. The van der Waals surface area contributed by atoms with Crippen molar-refractivity contribution in [1.82, 2.24) is 4.90 Å². The van der Waals surface area contributed by atoms with E-state index in [2.05, 4.69) is 15.9 Å². The number of rotatable bonds is 6. The fraction of sp³-hybridized carbons (Fsp3) is 0.467. The van der Waals surface area contributed by atoms with Gasteiger partial charge >= 0.3 is 6.09 Å². The number of ether oxygens (including phenoxy) is 2. The molecule has 1 unspecified atom stereocenters. The van der Waals surface area contributed by atoms with Crippen LogP contribution in [0.25, 0.3) is 0 Å². The lowest BCUT2D eigenvalue weighted by atomic mass is 9.89. The Bertz CT molecular complexity index is 531. The molecular weight excluding hydrogens is 374 g/mol. The molecule has 5 nitrogen and oxygen atoms in total. The summed E-state index contributed by atoms with van der Waals surface area (Å²) in [6.45, 7) is 3.35. The van der Waals surface area contributed by atoms with Gasteiger partial charge in [0.15, 0.2) is 5.78 Å². The monoisotopic (exact) mass is 391 g/mol. The molecule has 0 aliphatic rings. The molecule has 0 heterocycles. The summed E-state index contributed by atoms with van der Waals surface area (Å²) in [5, 5.41) is -0.262. The van der Waals surface area contributed by atoms with Crippen molar-refractivity contribution in [3.8, 4) is 5.75 Å². The van der Waals surface area contributed by atoms with Crippen LogP contribution in [0.2, 0.25) is 5.02 Å². The molecule has 22 heavy (non-hydrogen) atoms.